The number of urea groups is 1. The lowest BCUT2D eigenvalue weighted by Crippen LogP contribution is -2.71. The molecule has 0 unspecified atom stereocenters. The highest BCUT2D eigenvalue weighted by Crippen LogP contribution is 2.56. The number of hydrogen-bond acceptors (Lipinski definition) is 5. The number of aliphatic hydroxyl groups is 1. The van der Waals surface area contributed by atoms with Crippen LogP contribution in [-0.2, 0) is 18.6 Å². The predicted molar refractivity (Wildman–Crippen MR) is 120 cm³/mol. The standard InChI is InChI=1S/C24H30F3N7O2/c25-24(26,27)14-33-9-17(8-29-33)3-16-4-21(5-16)10-31(11-21)20(35)32-12-22(13-32)6-18(7-22)34-15-28-19(30-34)23(36)1-2-23/h8-9,15-16,18,36H,1-7,10-14H2. The average molecular weight is 506 g/mol. The molecule has 2 aliphatic heterocycles. The maximum atomic E-state index is 12.9. The predicted octanol–water partition coefficient (Wildman–Crippen LogP) is 2.73. The van der Waals surface area contributed by atoms with Crippen LogP contribution >= 0.6 is 0 Å². The Kier molecular flexibility index (Phi) is 4.53. The summed E-state index contributed by atoms with van der Waals surface area (Å²) in [7, 11) is 0. The van der Waals surface area contributed by atoms with E-state index in [2.05, 4.69) is 15.2 Å². The number of aromatic nitrogens is 5. The zero-order valence-electron chi connectivity index (χ0n) is 20.0. The molecular weight excluding hydrogens is 475 g/mol. The molecule has 7 rings (SSSR count). The van der Waals surface area contributed by atoms with Crippen LogP contribution in [0.15, 0.2) is 18.7 Å². The van der Waals surface area contributed by atoms with Crippen molar-refractivity contribution in [1.82, 2.24) is 34.3 Å². The molecule has 0 radical (unpaired) electrons. The molecule has 3 saturated carbocycles. The van der Waals surface area contributed by atoms with Crippen molar-refractivity contribution in [3.8, 4) is 0 Å². The fourth-order valence-corrected chi connectivity index (χ4v) is 7.07. The molecule has 2 spiro atoms. The van der Waals surface area contributed by atoms with Gasteiger partial charge < -0.3 is 14.9 Å². The summed E-state index contributed by atoms with van der Waals surface area (Å²) < 4.78 is 40.4. The molecule has 0 atom stereocenters. The largest absolute Gasteiger partial charge is 0.408 e. The van der Waals surface area contributed by atoms with Gasteiger partial charge >= 0.3 is 12.2 Å². The Morgan fingerprint density at radius 3 is 2.31 bits per heavy atom. The summed E-state index contributed by atoms with van der Waals surface area (Å²) in [6.07, 6.45) is 6.73. The van der Waals surface area contributed by atoms with Gasteiger partial charge in [0.15, 0.2) is 5.82 Å². The Labute approximate surface area is 206 Å². The average Bonchev–Trinajstić information content (AvgIpc) is 3.07. The zero-order chi connectivity index (χ0) is 24.9. The highest BCUT2D eigenvalue weighted by atomic mass is 19.4. The van der Waals surface area contributed by atoms with Crippen molar-refractivity contribution >= 4 is 6.03 Å². The highest BCUT2D eigenvalue weighted by molar-refractivity contribution is 5.77. The van der Waals surface area contributed by atoms with Crippen LogP contribution in [0.5, 0.6) is 0 Å². The molecule has 2 saturated heterocycles. The zero-order valence-corrected chi connectivity index (χ0v) is 20.0. The third kappa shape index (κ3) is 3.79. The number of halogens is 3. The Morgan fingerprint density at radius 1 is 1.06 bits per heavy atom. The lowest BCUT2D eigenvalue weighted by molar-refractivity contribution is -0.142. The van der Waals surface area contributed by atoms with Gasteiger partial charge in [0.2, 0.25) is 0 Å². The van der Waals surface area contributed by atoms with Crippen molar-refractivity contribution < 1.29 is 23.1 Å². The fraction of sp³-hybridized carbons (Fsp3) is 0.750. The van der Waals surface area contributed by atoms with Gasteiger partial charge in [0.25, 0.3) is 0 Å². The Balaban J connectivity index is 0.833. The molecule has 4 heterocycles. The third-order valence-electron chi connectivity index (χ3n) is 9.00. The molecule has 1 N–H and O–H groups in total. The van der Waals surface area contributed by atoms with Gasteiger partial charge in [-0.05, 0) is 56.4 Å². The number of hydrogen-bond donors (Lipinski definition) is 1. The number of carbonyl (C=O) groups is 1. The first-order valence-electron chi connectivity index (χ1n) is 12.8. The topological polar surface area (TPSA) is 92.3 Å². The molecule has 2 aromatic rings. The van der Waals surface area contributed by atoms with Crippen molar-refractivity contribution in [2.45, 2.75) is 69.3 Å². The minimum atomic E-state index is -4.26. The van der Waals surface area contributed by atoms with E-state index in [1.54, 1.807) is 6.33 Å². The first-order chi connectivity index (χ1) is 17.0. The summed E-state index contributed by atoms with van der Waals surface area (Å²) in [6, 6.07) is 0.427. The van der Waals surface area contributed by atoms with Gasteiger partial charge in [0.1, 0.15) is 18.5 Å². The maximum absolute atomic E-state index is 12.9. The first-order valence-corrected chi connectivity index (χ1v) is 12.8. The second kappa shape index (κ2) is 7.23. The van der Waals surface area contributed by atoms with Crippen molar-refractivity contribution in [3.63, 3.8) is 0 Å². The lowest BCUT2D eigenvalue weighted by Gasteiger charge is -2.63. The van der Waals surface area contributed by atoms with E-state index in [0.717, 1.165) is 81.4 Å². The van der Waals surface area contributed by atoms with Crippen LogP contribution in [0.4, 0.5) is 18.0 Å². The highest BCUT2D eigenvalue weighted by Gasteiger charge is 2.58. The van der Waals surface area contributed by atoms with E-state index < -0.39 is 18.3 Å². The third-order valence-corrected chi connectivity index (χ3v) is 9.00. The molecule has 3 aliphatic carbocycles. The van der Waals surface area contributed by atoms with Gasteiger partial charge in [-0.3, -0.25) is 4.68 Å². The number of carbonyl (C=O) groups excluding carboxylic acids is 1. The Hall–Kier alpha value is -2.63. The summed E-state index contributed by atoms with van der Waals surface area (Å²) in [6.45, 7) is 2.10. The molecule has 5 fully saturated rings. The maximum Gasteiger partial charge on any atom is 0.408 e. The normalized spacial score (nSPS) is 25.9. The molecule has 9 nitrogen and oxygen atoms in total. The van der Waals surface area contributed by atoms with Gasteiger partial charge in [-0.25, -0.2) is 14.5 Å². The minimum absolute atomic E-state index is 0.130. The van der Waals surface area contributed by atoms with E-state index in [1.165, 1.54) is 12.4 Å². The van der Waals surface area contributed by atoms with Gasteiger partial charge in [-0.15, -0.1) is 0 Å². The quantitative estimate of drug-likeness (QED) is 0.675. The van der Waals surface area contributed by atoms with Crippen LogP contribution in [0.3, 0.4) is 0 Å². The fourth-order valence-electron chi connectivity index (χ4n) is 7.07. The van der Waals surface area contributed by atoms with E-state index in [-0.39, 0.29) is 16.9 Å². The molecule has 0 bridgehead atoms. The molecule has 194 valence electrons. The molecule has 12 heteroatoms. The second-order valence-electron chi connectivity index (χ2n) is 12.3. The monoisotopic (exact) mass is 505 g/mol. The number of nitrogens with zero attached hydrogens (tertiary/aromatic N) is 7. The van der Waals surface area contributed by atoms with Gasteiger partial charge in [-0.2, -0.15) is 23.4 Å². The van der Waals surface area contributed by atoms with Gasteiger partial charge in [0.05, 0.1) is 12.2 Å². The molecule has 0 aromatic carbocycles. The lowest BCUT2D eigenvalue weighted by atomic mass is 9.56. The number of amides is 2. The van der Waals surface area contributed by atoms with Crippen molar-refractivity contribution in [1.29, 1.82) is 0 Å². The van der Waals surface area contributed by atoms with Crippen LogP contribution in [0.25, 0.3) is 0 Å². The number of likely N-dealkylation sites (tertiary alicyclic amines) is 2. The van der Waals surface area contributed by atoms with Crippen molar-refractivity contribution in [3.05, 3.63) is 30.1 Å². The minimum Gasteiger partial charge on any atom is -0.382 e. The van der Waals surface area contributed by atoms with E-state index in [1.807, 2.05) is 14.5 Å². The smallest absolute Gasteiger partial charge is 0.382 e. The van der Waals surface area contributed by atoms with Crippen molar-refractivity contribution in [2.24, 2.45) is 16.7 Å². The van der Waals surface area contributed by atoms with Crippen LogP contribution in [-0.4, -0.2) is 77.8 Å². The molecule has 2 aromatic heterocycles. The van der Waals surface area contributed by atoms with Gasteiger partial charge in [-0.1, -0.05) is 0 Å². The molecule has 5 aliphatic rings. The van der Waals surface area contributed by atoms with Crippen LogP contribution < -0.4 is 0 Å². The van der Waals surface area contributed by atoms with E-state index >= 15 is 0 Å². The SMILES string of the molecule is O=C(N1CC2(CC(Cc3cnn(CC(F)(F)F)c3)C2)C1)N1CC2(CC(n3cnc(C4(O)CC4)n3)C2)C1. The summed E-state index contributed by atoms with van der Waals surface area (Å²) in [4.78, 5) is 21.1. The van der Waals surface area contributed by atoms with E-state index in [0.29, 0.717) is 17.8 Å². The number of alkyl halides is 3. The van der Waals surface area contributed by atoms with Crippen molar-refractivity contribution in [2.75, 3.05) is 26.2 Å². The van der Waals surface area contributed by atoms with Crippen LogP contribution in [0, 0.1) is 16.7 Å². The summed E-state index contributed by atoms with van der Waals surface area (Å²) >= 11 is 0. The first kappa shape index (κ1) is 22.6. The molecule has 2 amide bonds. The molecular formula is C24H30F3N7O2. The van der Waals surface area contributed by atoms with Crippen LogP contribution in [0.2, 0.25) is 0 Å². The van der Waals surface area contributed by atoms with E-state index in [4.69, 9.17) is 0 Å². The Morgan fingerprint density at radius 2 is 1.69 bits per heavy atom. The Bertz CT molecular complexity index is 1170. The van der Waals surface area contributed by atoms with Gasteiger partial charge in [0, 0.05) is 43.2 Å². The molecule has 36 heavy (non-hydrogen) atoms. The second-order valence-corrected chi connectivity index (χ2v) is 12.3. The van der Waals surface area contributed by atoms with Crippen LogP contribution in [0.1, 0.15) is 56.0 Å². The number of rotatable bonds is 5. The van der Waals surface area contributed by atoms with E-state index in [9.17, 15) is 23.1 Å². The summed E-state index contributed by atoms with van der Waals surface area (Å²) in [5.41, 5.74) is 0.440. The summed E-state index contributed by atoms with van der Waals surface area (Å²) in [5, 5.41) is 18.5. The summed E-state index contributed by atoms with van der Waals surface area (Å²) in [5.74, 6) is 0.984.